The minimum Gasteiger partial charge on any atom is -0.339 e. The fourth-order valence-corrected chi connectivity index (χ4v) is 0.696. The van der Waals surface area contributed by atoms with E-state index in [1.165, 1.54) is 0 Å². The van der Waals surface area contributed by atoms with Crippen LogP contribution in [-0.4, -0.2) is 9.55 Å². The van der Waals surface area contributed by atoms with Gasteiger partial charge in [0.25, 0.3) is 0 Å². The first-order valence-electron chi connectivity index (χ1n) is 4.68. The van der Waals surface area contributed by atoms with Crippen molar-refractivity contribution in [3.05, 3.63) is 18.2 Å². The van der Waals surface area contributed by atoms with E-state index >= 15 is 0 Å². The lowest BCUT2D eigenvalue weighted by Gasteiger charge is -1.85. The number of hydrogen-bond donors (Lipinski definition) is 0. The molecule has 0 atom stereocenters. The summed E-state index contributed by atoms with van der Waals surface area (Å²) in [5, 5.41) is 0. The van der Waals surface area contributed by atoms with E-state index in [4.69, 9.17) is 0 Å². The molecule has 0 radical (unpaired) electrons. The monoisotopic (exact) mass is 178 g/mol. The SMILES string of the molecule is CC.CC(C)C#Cc1cn(C)cn1. The van der Waals surface area contributed by atoms with Crippen LogP contribution in [0.2, 0.25) is 0 Å². The predicted molar refractivity (Wildman–Crippen MR) is 56.3 cm³/mol. The molecule has 1 rings (SSSR count). The van der Waals surface area contributed by atoms with Crippen LogP contribution in [0.1, 0.15) is 33.4 Å². The van der Waals surface area contributed by atoms with E-state index in [1.54, 1.807) is 6.33 Å². The van der Waals surface area contributed by atoms with Gasteiger partial charge in [-0.2, -0.15) is 0 Å². The maximum absolute atomic E-state index is 4.08. The fourth-order valence-electron chi connectivity index (χ4n) is 0.696. The van der Waals surface area contributed by atoms with Crippen LogP contribution >= 0.6 is 0 Å². The van der Waals surface area contributed by atoms with Crippen molar-refractivity contribution in [3.63, 3.8) is 0 Å². The number of hydrogen-bond acceptors (Lipinski definition) is 1. The number of rotatable bonds is 0. The van der Waals surface area contributed by atoms with Gasteiger partial charge in [0.05, 0.1) is 6.33 Å². The van der Waals surface area contributed by atoms with Gasteiger partial charge >= 0.3 is 0 Å². The topological polar surface area (TPSA) is 17.8 Å². The van der Waals surface area contributed by atoms with E-state index in [0.717, 1.165) is 5.69 Å². The lowest BCUT2D eigenvalue weighted by molar-refractivity contribution is 0.866. The molecule has 0 saturated heterocycles. The van der Waals surface area contributed by atoms with Crippen LogP contribution in [0.3, 0.4) is 0 Å². The minimum atomic E-state index is 0.414. The van der Waals surface area contributed by atoms with Gasteiger partial charge in [0.2, 0.25) is 0 Å². The molecule has 2 nitrogen and oxygen atoms in total. The van der Waals surface area contributed by atoms with E-state index in [2.05, 4.69) is 30.7 Å². The van der Waals surface area contributed by atoms with Gasteiger partial charge in [0, 0.05) is 19.2 Å². The first-order chi connectivity index (χ1) is 6.18. The summed E-state index contributed by atoms with van der Waals surface area (Å²) >= 11 is 0. The predicted octanol–water partition coefficient (Wildman–Crippen LogP) is 2.45. The molecular formula is C11H18N2. The molecule has 0 aliphatic heterocycles. The van der Waals surface area contributed by atoms with E-state index < -0.39 is 0 Å². The summed E-state index contributed by atoms with van der Waals surface area (Å²) in [5.41, 5.74) is 0.848. The van der Waals surface area contributed by atoms with Crippen LogP contribution in [-0.2, 0) is 7.05 Å². The van der Waals surface area contributed by atoms with Gasteiger partial charge in [-0.3, -0.25) is 0 Å². The molecule has 13 heavy (non-hydrogen) atoms. The quantitative estimate of drug-likeness (QED) is 0.558. The molecule has 0 saturated carbocycles. The maximum atomic E-state index is 4.08. The third-order valence-corrected chi connectivity index (χ3v) is 1.19. The molecule has 72 valence electrons. The van der Waals surface area contributed by atoms with Crippen LogP contribution < -0.4 is 0 Å². The van der Waals surface area contributed by atoms with Crippen molar-refractivity contribution in [2.75, 3.05) is 0 Å². The smallest absolute Gasteiger partial charge is 0.131 e. The Bertz CT molecular complexity index is 287. The van der Waals surface area contributed by atoms with Crippen LogP contribution in [0.15, 0.2) is 12.5 Å². The summed E-state index contributed by atoms with van der Waals surface area (Å²) in [6.07, 6.45) is 3.67. The Kier molecular flexibility index (Phi) is 5.71. The molecule has 0 N–H and O–H groups in total. The van der Waals surface area contributed by atoms with E-state index in [9.17, 15) is 0 Å². The van der Waals surface area contributed by atoms with Crippen LogP contribution in [0.5, 0.6) is 0 Å². The normalized spacial score (nSPS) is 8.46. The first-order valence-corrected chi connectivity index (χ1v) is 4.68. The molecule has 0 aliphatic carbocycles. The Morgan fingerprint density at radius 2 is 2.00 bits per heavy atom. The third-order valence-electron chi connectivity index (χ3n) is 1.19. The number of imidazole rings is 1. The van der Waals surface area contributed by atoms with Crippen molar-refractivity contribution < 1.29 is 0 Å². The second-order valence-corrected chi connectivity index (χ2v) is 2.85. The molecule has 0 fully saturated rings. The Morgan fingerprint density at radius 3 is 2.38 bits per heavy atom. The third kappa shape index (κ3) is 5.08. The summed E-state index contributed by atoms with van der Waals surface area (Å²) in [6, 6.07) is 0. The summed E-state index contributed by atoms with van der Waals surface area (Å²) in [4.78, 5) is 4.08. The zero-order chi connectivity index (χ0) is 10.3. The first kappa shape index (κ1) is 11.8. The molecule has 0 aliphatic rings. The molecule has 1 heterocycles. The van der Waals surface area contributed by atoms with Crippen molar-refractivity contribution in [2.45, 2.75) is 27.7 Å². The minimum absolute atomic E-state index is 0.414. The van der Waals surface area contributed by atoms with Crippen molar-refractivity contribution in [1.29, 1.82) is 0 Å². The number of nitrogens with zero attached hydrogens (tertiary/aromatic N) is 2. The number of aromatic nitrogens is 2. The zero-order valence-electron chi connectivity index (χ0n) is 9.13. The highest BCUT2D eigenvalue weighted by atomic mass is 15.0. The molecule has 0 bridgehead atoms. The zero-order valence-corrected chi connectivity index (χ0v) is 9.13. The van der Waals surface area contributed by atoms with Crippen molar-refractivity contribution >= 4 is 0 Å². The summed E-state index contributed by atoms with van der Waals surface area (Å²) in [5.74, 6) is 6.45. The average molecular weight is 178 g/mol. The highest BCUT2D eigenvalue weighted by molar-refractivity contribution is 5.25. The highest BCUT2D eigenvalue weighted by Gasteiger charge is 1.89. The molecule has 1 aromatic heterocycles. The van der Waals surface area contributed by atoms with Crippen molar-refractivity contribution in [2.24, 2.45) is 13.0 Å². The molecular weight excluding hydrogens is 160 g/mol. The van der Waals surface area contributed by atoms with Crippen LogP contribution in [0.25, 0.3) is 0 Å². The van der Waals surface area contributed by atoms with E-state index in [1.807, 2.05) is 31.7 Å². The Balaban J connectivity index is 0.000000671. The van der Waals surface area contributed by atoms with Gasteiger partial charge in [0.1, 0.15) is 5.69 Å². The molecule has 0 aromatic carbocycles. The van der Waals surface area contributed by atoms with Gasteiger partial charge in [-0.25, -0.2) is 4.98 Å². The van der Waals surface area contributed by atoms with Crippen LogP contribution in [0, 0.1) is 17.8 Å². The van der Waals surface area contributed by atoms with Gasteiger partial charge in [-0.05, 0) is 5.92 Å². The van der Waals surface area contributed by atoms with Crippen LogP contribution in [0.4, 0.5) is 0 Å². The molecule has 0 unspecified atom stereocenters. The maximum Gasteiger partial charge on any atom is 0.131 e. The van der Waals surface area contributed by atoms with E-state index in [-0.39, 0.29) is 0 Å². The highest BCUT2D eigenvalue weighted by Crippen LogP contribution is 1.92. The van der Waals surface area contributed by atoms with Gasteiger partial charge in [-0.1, -0.05) is 33.6 Å². The van der Waals surface area contributed by atoms with Gasteiger partial charge < -0.3 is 4.57 Å². The lowest BCUT2D eigenvalue weighted by Crippen LogP contribution is -1.80. The summed E-state index contributed by atoms with van der Waals surface area (Å²) < 4.78 is 1.89. The Hall–Kier alpha value is -1.23. The second kappa shape index (κ2) is 6.30. The Labute approximate surface area is 81.0 Å². The lowest BCUT2D eigenvalue weighted by atomic mass is 10.2. The molecule has 1 aromatic rings. The molecule has 0 spiro atoms. The molecule has 2 heteroatoms. The summed E-state index contributed by atoms with van der Waals surface area (Å²) in [6.45, 7) is 8.13. The Morgan fingerprint density at radius 1 is 1.38 bits per heavy atom. The summed E-state index contributed by atoms with van der Waals surface area (Å²) in [7, 11) is 1.94. The van der Waals surface area contributed by atoms with Crippen molar-refractivity contribution in [3.8, 4) is 11.8 Å². The average Bonchev–Trinajstić information content (AvgIpc) is 2.52. The van der Waals surface area contributed by atoms with Gasteiger partial charge in [0.15, 0.2) is 0 Å². The fraction of sp³-hybridized carbons (Fsp3) is 0.545. The van der Waals surface area contributed by atoms with E-state index in [0.29, 0.717) is 5.92 Å². The van der Waals surface area contributed by atoms with Gasteiger partial charge in [-0.15, -0.1) is 0 Å². The molecule has 0 amide bonds. The largest absolute Gasteiger partial charge is 0.339 e. The second-order valence-electron chi connectivity index (χ2n) is 2.85. The standard InChI is InChI=1S/C9H12N2.C2H6/c1-8(2)4-5-9-6-11(3)7-10-9;1-2/h6-8H,1-3H3;1-2H3. The number of aryl methyl sites for hydroxylation is 1. The van der Waals surface area contributed by atoms with Crippen molar-refractivity contribution in [1.82, 2.24) is 9.55 Å².